The first-order chi connectivity index (χ1) is 13.7. The number of carbonyl (C=O) groups excluding carboxylic acids is 1. The molecule has 0 bridgehead atoms. The number of hydrogen-bond acceptors (Lipinski definition) is 3. The molecule has 1 heterocycles. The van der Waals surface area contributed by atoms with Gasteiger partial charge in [-0.05, 0) is 63.4 Å². The average Bonchev–Trinajstić information content (AvgIpc) is 2.92. The fourth-order valence-corrected chi connectivity index (χ4v) is 3.73. The summed E-state index contributed by atoms with van der Waals surface area (Å²) in [4.78, 5) is 14.7. The Morgan fingerprint density at radius 3 is 2.38 bits per heavy atom. The molecule has 0 aliphatic heterocycles. The first-order valence-electron chi connectivity index (χ1n) is 10.8. The number of nitrogens with one attached hydrogen (secondary N) is 1. The summed E-state index contributed by atoms with van der Waals surface area (Å²) in [5.41, 5.74) is 6.00. The fourth-order valence-electron chi connectivity index (χ4n) is 3.73. The van der Waals surface area contributed by atoms with E-state index < -0.39 is 0 Å². The Morgan fingerprint density at radius 2 is 1.83 bits per heavy atom. The zero-order chi connectivity index (χ0) is 21.6. The monoisotopic (exact) mass is 398 g/mol. The highest BCUT2D eigenvalue weighted by Gasteiger charge is 2.17. The fraction of sp³-hybridized carbons (Fsp3) is 0.583. The molecule has 160 valence electrons. The Balaban J connectivity index is 1.93. The number of amides is 1. The second kappa shape index (κ2) is 10.6. The van der Waals surface area contributed by atoms with Crippen LogP contribution >= 0.6 is 0 Å². The lowest BCUT2D eigenvalue weighted by atomic mass is 10.0. The van der Waals surface area contributed by atoms with Gasteiger partial charge in [-0.25, -0.2) is 0 Å². The molecule has 0 saturated carbocycles. The van der Waals surface area contributed by atoms with Crippen molar-refractivity contribution in [3.63, 3.8) is 0 Å². The Labute approximate surface area is 176 Å². The predicted molar refractivity (Wildman–Crippen MR) is 120 cm³/mol. The van der Waals surface area contributed by atoms with Gasteiger partial charge in [-0.1, -0.05) is 45.0 Å². The van der Waals surface area contributed by atoms with Gasteiger partial charge in [-0.2, -0.15) is 5.10 Å². The number of nitrogens with zero attached hydrogens (tertiary/aromatic N) is 3. The maximum Gasteiger partial charge on any atom is 0.220 e. The summed E-state index contributed by atoms with van der Waals surface area (Å²) in [5.74, 6) is 0.649. The van der Waals surface area contributed by atoms with Crippen LogP contribution in [0.15, 0.2) is 24.3 Å². The molecule has 1 aromatic carbocycles. The third-order valence-corrected chi connectivity index (χ3v) is 5.56. The first-order valence-corrected chi connectivity index (χ1v) is 10.8. The molecule has 5 heteroatoms. The van der Waals surface area contributed by atoms with Gasteiger partial charge >= 0.3 is 0 Å². The van der Waals surface area contributed by atoms with Gasteiger partial charge in [0.15, 0.2) is 0 Å². The second-order valence-corrected chi connectivity index (χ2v) is 8.60. The van der Waals surface area contributed by atoms with Gasteiger partial charge in [0.1, 0.15) is 0 Å². The molecule has 1 atom stereocenters. The van der Waals surface area contributed by atoms with Crippen LogP contribution in [0.3, 0.4) is 0 Å². The second-order valence-electron chi connectivity index (χ2n) is 8.60. The molecule has 0 aliphatic carbocycles. The van der Waals surface area contributed by atoms with Crippen molar-refractivity contribution in [2.75, 3.05) is 20.6 Å². The summed E-state index contributed by atoms with van der Waals surface area (Å²) in [5, 5.41) is 7.79. The van der Waals surface area contributed by atoms with Gasteiger partial charge in [-0.3, -0.25) is 9.48 Å². The van der Waals surface area contributed by atoms with Crippen LogP contribution in [0, 0.1) is 19.8 Å². The molecular weight excluding hydrogens is 360 g/mol. The Hall–Kier alpha value is -2.14. The number of aromatic nitrogens is 2. The minimum Gasteiger partial charge on any atom is -0.354 e. The highest BCUT2D eigenvalue weighted by molar-refractivity contribution is 5.76. The third-order valence-electron chi connectivity index (χ3n) is 5.56. The van der Waals surface area contributed by atoms with E-state index in [1.807, 2.05) is 6.92 Å². The molecule has 0 spiro atoms. The molecular formula is C24H38N4O. The lowest BCUT2D eigenvalue weighted by Gasteiger charge is -2.25. The summed E-state index contributed by atoms with van der Waals surface area (Å²) in [6.45, 7) is 12.2. The molecule has 5 nitrogen and oxygen atoms in total. The number of likely N-dealkylation sites (N-methyl/N-ethyl adjacent to an activating group) is 1. The normalized spacial score (nSPS) is 12.6. The average molecular weight is 399 g/mol. The third kappa shape index (κ3) is 6.43. The van der Waals surface area contributed by atoms with E-state index in [9.17, 15) is 4.79 Å². The van der Waals surface area contributed by atoms with Crippen molar-refractivity contribution in [3.05, 3.63) is 52.3 Å². The van der Waals surface area contributed by atoms with Crippen molar-refractivity contribution in [2.45, 2.75) is 66.5 Å². The summed E-state index contributed by atoms with van der Waals surface area (Å²) in [6, 6.07) is 8.86. The van der Waals surface area contributed by atoms with Crippen LogP contribution in [-0.2, 0) is 24.2 Å². The minimum atomic E-state index is 0.0948. The topological polar surface area (TPSA) is 50.2 Å². The van der Waals surface area contributed by atoms with Crippen LogP contribution < -0.4 is 5.32 Å². The van der Waals surface area contributed by atoms with Crippen LogP contribution in [0.4, 0.5) is 0 Å². The Morgan fingerprint density at radius 1 is 1.17 bits per heavy atom. The molecule has 0 radical (unpaired) electrons. The Bertz CT molecular complexity index is 790. The highest BCUT2D eigenvalue weighted by atomic mass is 16.1. The number of rotatable bonds is 10. The first kappa shape index (κ1) is 23.1. The summed E-state index contributed by atoms with van der Waals surface area (Å²) in [7, 11) is 4.11. The molecule has 1 amide bonds. The number of benzene rings is 1. The molecule has 0 aliphatic rings. The van der Waals surface area contributed by atoms with Gasteiger partial charge in [0.25, 0.3) is 0 Å². The van der Waals surface area contributed by atoms with Gasteiger partial charge in [0.2, 0.25) is 5.91 Å². The van der Waals surface area contributed by atoms with Crippen LogP contribution in [0.1, 0.15) is 61.3 Å². The largest absolute Gasteiger partial charge is 0.354 e. The maximum atomic E-state index is 12.5. The van der Waals surface area contributed by atoms with E-state index in [2.05, 4.69) is 86.1 Å². The molecule has 1 N–H and O–H groups in total. The molecule has 2 rings (SSSR count). The molecule has 2 aromatic rings. The highest BCUT2D eigenvalue weighted by Crippen LogP contribution is 2.19. The van der Waals surface area contributed by atoms with Gasteiger partial charge in [-0.15, -0.1) is 0 Å². The summed E-state index contributed by atoms with van der Waals surface area (Å²) < 4.78 is 2.08. The quantitative estimate of drug-likeness (QED) is 0.656. The zero-order valence-electron chi connectivity index (χ0n) is 19.2. The van der Waals surface area contributed by atoms with E-state index in [1.54, 1.807) is 0 Å². The van der Waals surface area contributed by atoms with E-state index in [1.165, 1.54) is 22.4 Å². The van der Waals surface area contributed by atoms with Crippen LogP contribution in [0.5, 0.6) is 0 Å². The molecule has 0 saturated heterocycles. The van der Waals surface area contributed by atoms with Crippen molar-refractivity contribution < 1.29 is 4.79 Å². The number of aryl methyl sites for hydroxylation is 2. The van der Waals surface area contributed by atoms with E-state index in [0.717, 1.165) is 25.1 Å². The van der Waals surface area contributed by atoms with E-state index >= 15 is 0 Å². The smallest absolute Gasteiger partial charge is 0.220 e. The molecule has 29 heavy (non-hydrogen) atoms. The van der Waals surface area contributed by atoms with Crippen molar-refractivity contribution >= 4 is 5.91 Å². The van der Waals surface area contributed by atoms with E-state index in [-0.39, 0.29) is 11.9 Å². The lowest BCUT2D eigenvalue weighted by Crippen LogP contribution is -2.34. The zero-order valence-corrected chi connectivity index (χ0v) is 19.2. The Kier molecular flexibility index (Phi) is 8.45. The van der Waals surface area contributed by atoms with Crippen molar-refractivity contribution in [2.24, 2.45) is 5.92 Å². The number of hydrogen-bond donors (Lipinski definition) is 1. The van der Waals surface area contributed by atoms with Crippen LogP contribution in [-0.4, -0.2) is 41.2 Å². The molecule has 0 fully saturated rings. The SMILES string of the molecule is CCc1ccc(C(CNC(=O)CCc2c(C)nn(CC(C)C)c2C)N(C)C)cc1. The van der Waals surface area contributed by atoms with Gasteiger partial charge in [0.05, 0.1) is 11.7 Å². The lowest BCUT2D eigenvalue weighted by molar-refractivity contribution is -0.121. The standard InChI is InChI=1S/C24H38N4O/c1-8-20-9-11-21(12-10-20)23(27(6)7)15-25-24(29)14-13-22-18(4)26-28(19(22)5)16-17(2)3/h9-12,17,23H,8,13-16H2,1-7H3,(H,25,29). The molecule has 1 unspecified atom stereocenters. The van der Waals surface area contributed by atoms with Crippen molar-refractivity contribution in [1.29, 1.82) is 0 Å². The van der Waals surface area contributed by atoms with Crippen LogP contribution in [0.2, 0.25) is 0 Å². The summed E-state index contributed by atoms with van der Waals surface area (Å²) in [6.07, 6.45) is 2.26. The number of carbonyl (C=O) groups is 1. The van der Waals surface area contributed by atoms with Crippen molar-refractivity contribution in [3.8, 4) is 0 Å². The summed E-state index contributed by atoms with van der Waals surface area (Å²) >= 11 is 0. The van der Waals surface area contributed by atoms with E-state index in [4.69, 9.17) is 0 Å². The van der Waals surface area contributed by atoms with Crippen molar-refractivity contribution in [1.82, 2.24) is 20.0 Å². The van der Waals surface area contributed by atoms with Crippen LogP contribution in [0.25, 0.3) is 0 Å². The van der Waals surface area contributed by atoms with Gasteiger partial charge < -0.3 is 10.2 Å². The predicted octanol–water partition coefficient (Wildman–Crippen LogP) is 4.07. The van der Waals surface area contributed by atoms with E-state index in [0.29, 0.717) is 18.9 Å². The minimum absolute atomic E-state index is 0.0948. The van der Waals surface area contributed by atoms with Gasteiger partial charge in [0, 0.05) is 25.2 Å². The maximum absolute atomic E-state index is 12.5. The molecule has 1 aromatic heterocycles.